The number of hydrogen-bond acceptors (Lipinski definition) is 3. The maximum Gasteiger partial charge on any atom is 0.244 e. The molecule has 0 radical (unpaired) electrons. The topological polar surface area (TPSA) is 58.6 Å². The van der Waals surface area contributed by atoms with Crippen molar-refractivity contribution in [3.05, 3.63) is 41.7 Å². The van der Waals surface area contributed by atoms with E-state index in [0.717, 1.165) is 0 Å². The van der Waals surface area contributed by atoms with E-state index in [4.69, 9.17) is 4.74 Å². The van der Waals surface area contributed by atoms with Crippen molar-refractivity contribution in [1.82, 2.24) is 5.32 Å². The van der Waals surface area contributed by atoms with Crippen LogP contribution in [0, 0.1) is 11.7 Å². The third-order valence-electron chi connectivity index (χ3n) is 2.55. The molecule has 1 rings (SSSR count). The number of hydrogen-bond donors (Lipinski definition) is 2. The lowest BCUT2D eigenvalue weighted by Crippen LogP contribution is -2.33. The van der Waals surface area contributed by atoms with Gasteiger partial charge in [0, 0.05) is 19.2 Å². The molecule has 1 atom stereocenters. The van der Waals surface area contributed by atoms with Crippen LogP contribution in [-0.2, 0) is 9.53 Å². The van der Waals surface area contributed by atoms with Gasteiger partial charge in [-0.2, -0.15) is 0 Å². The molecule has 0 aliphatic rings. The fraction of sp³-hybridized carbons (Fsp3) is 0.438. The summed E-state index contributed by atoms with van der Waals surface area (Å²) in [6.45, 7) is 4.91. The highest BCUT2D eigenvalue weighted by Gasteiger charge is 2.06. The molecular weight excluding hydrogens is 273 g/mol. The first-order valence-corrected chi connectivity index (χ1v) is 6.94. The van der Waals surface area contributed by atoms with Gasteiger partial charge < -0.3 is 15.2 Å². The molecule has 0 bridgehead atoms. The number of carbonyl (C=O) groups is 1. The first-order chi connectivity index (χ1) is 9.97. The molecule has 1 aromatic carbocycles. The number of nitrogens with one attached hydrogen (secondary N) is 1. The van der Waals surface area contributed by atoms with Gasteiger partial charge in [-0.15, -0.1) is 0 Å². The lowest BCUT2D eigenvalue weighted by Gasteiger charge is -2.12. The monoisotopic (exact) mass is 295 g/mol. The second-order valence-electron chi connectivity index (χ2n) is 5.22. The SMILES string of the molecule is CC(C)COCC(O)CNC(=O)/C=C/c1cccc(F)c1. The van der Waals surface area contributed by atoms with Crippen molar-refractivity contribution in [2.24, 2.45) is 5.92 Å². The van der Waals surface area contributed by atoms with E-state index < -0.39 is 6.10 Å². The molecule has 1 aromatic rings. The van der Waals surface area contributed by atoms with E-state index in [2.05, 4.69) is 5.32 Å². The van der Waals surface area contributed by atoms with E-state index in [9.17, 15) is 14.3 Å². The molecule has 0 aliphatic heterocycles. The molecule has 5 heteroatoms. The average molecular weight is 295 g/mol. The Balaban J connectivity index is 2.27. The number of halogens is 1. The molecule has 1 unspecified atom stereocenters. The molecule has 0 fully saturated rings. The molecule has 0 heterocycles. The van der Waals surface area contributed by atoms with Crippen molar-refractivity contribution < 1.29 is 19.0 Å². The van der Waals surface area contributed by atoms with Gasteiger partial charge in [0.05, 0.1) is 12.7 Å². The van der Waals surface area contributed by atoms with Crippen LogP contribution in [0.5, 0.6) is 0 Å². The highest BCUT2D eigenvalue weighted by Crippen LogP contribution is 2.05. The lowest BCUT2D eigenvalue weighted by atomic mass is 10.2. The summed E-state index contributed by atoms with van der Waals surface area (Å²) in [5.74, 6) is -0.293. The van der Waals surface area contributed by atoms with E-state index in [1.54, 1.807) is 12.1 Å². The van der Waals surface area contributed by atoms with Gasteiger partial charge in [-0.05, 0) is 29.7 Å². The van der Waals surface area contributed by atoms with E-state index in [-0.39, 0.29) is 24.9 Å². The molecule has 116 valence electrons. The molecule has 0 aromatic heterocycles. The Morgan fingerprint density at radius 1 is 1.43 bits per heavy atom. The van der Waals surface area contributed by atoms with Gasteiger partial charge in [-0.25, -0.2) is 4.39 Å². The summed E-state index contributed by atoms with van der Waals surface area (Å²) in [7, 11) is 0. The van der Waals surface area contributed by atoms with Crippen LogP contribution in [0.15, 0.2) is 30.3 Å². The minimum Gasteiger partial charge on any atom is -0.389 e. The van der Waals surface area contributed by atoms with Crippen molar-refractivity contribution >= 4 is 12.0 Å². The fourth-order valence-corrected chi connectivity index (χ4v) is 1.56. The molecule has 4 nitrogen and oxygen atoms in total. The maximum absolute atomic E-state index is 12.9. The minimum absolute atomic E-state index is 0.115. The van der Waals surface area contributed by atoms with Crippen LogP contribution in [0.3, 0.4) is 0 Å². The van der Waals surface area contributed by atoms with E-state index >= 15 is 0 Å². The predicted octanol–water partition coefficient (Wildman–Crippen LogP) is 1.99. The summed E-state index contributed by atoms with van der Waals surface area (Å²) in [6.07, 6.45) is 2.08. The molecular formula is C16H22FNO3. The number of benzene rings is 1. The zero-order valence-electron chi connectivity index (χ0n) is 12.4. The molecule has 2 N–H and O–H groups in total. The highest BCUT2D eigenvalue weighted by atomic mass is 19.1. The predicted molar refractivity (Wildman–Crippen MR) is 80.1 cm³/mol. The second-order valence-corrected chi connectivity index (χ2v) is 5.22. The van der Waals surface area contributed by atoms with Crippen LogP contribution >= 0.6 is 0 Å². The quantitative estimate of drug-likeness (QED) is 0.721. The lowest BCUT2D eigenvalue weighted by molar-refractivity contribution is -0.117. The number of rotatable bonds is 8. The summed E-state index contributed by atoms with van der Waals surface area (Å²) in [4.78, 5) is 11.5. The minimum atomic E-state index is -0.740. The molecule has 0 saturated carbocycles. The Hall–Kier alpha value is -1.72. The van der Waals surface area contributed by atoms with Crippen LogP contribution in [-0.4, -0.2) is 36.9 Å². The summed E-state index contributed by atoms with van der Waals surface area (Å²) < 4.78 is 18.2. The first kappa shape index (κ1) is 17.3. The third-order valence-corrected chi connectivity index (χ3v) is 2.55. The highest BCUT2D eigenvalue weighted by molar-refractivity contribution is 5.91. The van der Waals surface area contributed by atoms with E-state index in [1.807, 2.05) is 13.8 Å². The Morgan fingerprint density at radius 3 is 2.86 bits per heavy atom. The Labute approximate surface area is 124 Å². The molecule has 0 aliphatic carbocycles. The van der Waals surface area contributed by atoms with Gasteiger partial charge in [-0.3, -0.25) is 4.79 Å². The first-order valence-electron chi connectivity index (χ1n) is 6.94. The van der Waals surface area contributed by atoms with E-state index in [0.29, 0.717) is 18.1 Å². The second kappa shape index (κ2) is 9.26. The van der Waals surface area contributed by atoms with Crippen LogP contribution in [0.4, 0.5) is 4.39 Å². The van der Waals surface area contributed by atoms with Gasteiger partial charge >= 0.3 is 0 Å². The number of ether oxygens (including phenoxy) is 1. The third kappa shape index (κ3) is 8.22. The normalized spacial score (nSPS) is 12.8. The van der Waals surface area contributed by atoms with Gasteiger partial charge in [0.25, 0.3) is 0 Å². The molecule has 21 heavy (non-hydrogen) atoms. The zero-order chi connectivity index (χ0) is 15.7. The number of amides is 1. The number of carbonyl (C=O) groups excluding carboxylic acids is 1. The van der Waals surface area contributed by atoms with E-state index in [1.165, 1.54) is 24.3 Å². The number of aliphatic hydroxyl groups is 1. The molecule has 1 amide bonds. The summed E-state index contributed by atoms with van der Waals surface area (Å²) >= 11 is 0. The summed E-state index contributed by atoms with van der Waals surface area (Å²) in [5, 5.41) is 12.2. The van der Waals surface area contributed by atoms with Crippen molar-refractivity contribution in [2.75, 3.05) is 19.8 Å². The van der Waals surface area contributed by atoms with Gasteiger partial charge in [-0.1, -0.05) is 26.0 Å². The van der Waals surface area contributed by atoms with Gasteiger partial charge in [0.15, 0.2) is 0 Å². The number of aliphatic hydroxyl groups excluding tert-OH is 1. The summed E-state index contributed by atoms with van der Waals surface area (Å²) in [5.41, 5.74) is 0.603. The van der Waals surface area contributed by atoms with Crippen LogP contribution in [0.2, 0.25) is 0 Å². The summed E-state index contributed by atoms with van der Waals surface area (Å²) in [6, 6.07) is 5.94. The Bertz CT molecular complexity index is 474. The van der Waals surface area contributed by atoms with Crippen LogP contribution < -0.4 is 5.32 Å². The van der Waals surface area contributed by atoms with Gasteiger partial charge in [0.1, 0.15) is 5.82 Å². The van der Waals surface area contributed by atoms with Crippen molar-refractivity contribution in [1.29, 1.82) is 0 Å². The fourth-order valence-electron chi connectivity index (χ4n) is 1.56. The Morgan fingerprint density at radius 2 is 2.19 bits per heavy atom. The zero-order valence-corrected chi connectivity index (χ0v) is 12.4. The van der Waals surface area contributed by atoms with Crippen LogP contribution in [0.25, 0.3) is 6.08 Å². The largest absolute Gasteiger partial charge is 0.389 e. The maximum atomic E-state index is 12.9. The van der Waals surface area contributed by atoms with Gasteiger partial charge in [0.2, 0.25) is 5.91 Å². The molecule has 0 saturated heterocycles. The molecule has 0 spiro atoms. The average Bonchev–Trinajstić information content (AvgIpc) is 2.42. The smallest absolute Gasteiger partial charge is 0.244 e. The van der Waals surface area contributed by atoms with Crippen molar-refractivity contribution in [3.8, 4) is 0 Å². The van der Waals surface area contributed by atoms with Crippen molar-refractivity contribution in [3.63, 3.8) is 0 Å². The van der Waals surface area contributed by atoms with Crippen LogP contribution in [0.1, 0.15) is 19.4 Å². The van der Waals surface area contributed by atoms with Crippen molar-refractivity contribution in [2.45, 2.75) is 20.0 Å². The Kier molecular flexibility index (Phi) is 7.64. The standard InChI is InChI=1S/C16H22FNO3/c1-12(2)10-21-11-15(19)9-18-16(20)7-6-13-4-3-5-14(17)8-13/h3-8,12,15,19H,9-11H2,1-2H3,(H,18,20)/b7-6+.